The van der Waals surface area contributed by atoms with Crippen LogP contribution in [0.3, 0.4) is 0 Å². The summed E-state index contributed by atoms with van der Waals surface area (Å²) in [5.74, 6) is 2.15. The Bertz CT molecular complexity index is 882. The number of rotatable bonds is 6. The third-order valence-corrected chi connectivity index (χ3v) is 8.38. The van der Waals surface area contributed by atoms with E-state index in [1.54, 1.807) is 0 Å². The Labute approximate surface area is 224 Å². The van der Waals surface area contributed by atoms with E-state index in [2.05, 4.69) is 32.6 Å². The molecule has 3 saturated heterocycles. The quantitative estimate of drug-likeness (QED) is 0.512. The van der Waals surface area contributed by atoms with Gasteiger partial charge in [-0.2, -0.15) is 0 Å². The van der Waals surface area contributed by atoms with Crippen molar-refractivity contribution in [2.24, 2.45) is 11.8 Å². The van der Waals surface area contributed by atoms with Crippen molar-refractivity contribution in [2.45, 2.75) is 91.0 Å². The number of benzene rings is 1. The molecule has 0 N–H and O–H groups in total. The van der Waals surface area contributed by atoms with Gasteiger partial charge in [0, 0.05) is 19.6 Å². The first-order chi connectivity index (χ1) is 17.3. The Kier molecular flexibility index (Phi) is 8.51. The minimum Gasteiger partial charge on any atom is -0.493 e. The highest BCUT2D eigenvalue weighted by atomic mass is 16.7. The summed E-state index contributed by atoms with van der Waals surface area (Å²) in [4.78, 5) is 16.8. The minimum absolute atomic E-state index is 0.172. The van der Waals surface area contributed by atoms with Gasteiger partial charge in [-0.25, -0.2) is 4.79 Å². The zero-order chi connectivity index (χ0) is 26.8. The molecule has 0 saturated carbocycles. The topological polar surface area (TPSA) is 60.5 Å². The van der Waals surface area contributed by atoms with E-state index in [-0.39, 0.29) is 24.4 Å². The van der Waals surface area contributed by atoms with Gasteiger partial charge in [-0.05, 0) is 117 Å². The SMILES string of the molecule is CC(C)(C)OC(=O)N1CCC(CN2CCC(COc3ccc(B4OC(C)(C)C(C)(C)O4)cc3)CC2)CC1. The Balaban J connectivity index is 1.14. The maximum atomic E-state index is 12.3. The smallest absolute Gasteiger partial charge is 0.493 e. The molecule has 3 fully saturated rings. The number of hydrogen-bond donors (Lipinski definition) is 0. The largest absolute Gasteiger partial charge is 0.494 e. The fourth-order valence-corrected chi connectivity index (χ4v) is 5.24. The molecule has 0 unspecified atom stereocenters. The maximum Gasteiger partial charge on any atom is 0.494 e. The first kappa shape index (κ1) is 28.2. The molecule has 206 valence electrons. The standard InChI is InChI=1S/C29H47BN2O5/c1-27(2,3)35-26(33)32-18-14-22(15-19-32)20-31-16-12-23(13-17-31)21-34-25-10-8-24(9-11-25)30-36-28(4,5)29(6,7)37-30/h8-11,22-23H,12-21H2,1-7H3. The number of hydrogen-bond acceptors (Lipinski definition) is 6. The molecule has 4 rings (SSSR count). The lowest BCUT2D eigenvalue weighted by molar-refractivity contribution is 0.00578. The van der Waals surface area contributed by atoms with E-state index in [1.807, 2.05) is 49.9 Å². The molecule has 0 aromatic heterocycles. The lowest BCUT2D eigenvalue weighted by Gasteiger charge is -2.38. The number of ether oxygens (including phenoxy) is 2. The van der Waals surface area contributed by atoms with E-state index in [9.17, 15) is 4.79 Å². The third-order valence-electron chi connectivity index (χ3n) is 8.38. The number of likely N-dealkylation sites (tertiary alicyclic amines) is 2. The van der Waals surface area contributed by atoms with E-state index in [0.717, 1.165) is 63.4 Å². The van der Waals surface area contributed by atoms with Crippen LogP contribution in [0.2, 0.25) is 0 Å². The zero-order valence-corrected chi connectivity index (χ0v) is 24.0. The lowest BCUT2D eigenvalue weighted by atomic mass is 9.79. The predicted molar refractivity (Wildman–Crippen MR) is 147 cm³/mol. The fourth-order valence-electron chi connectivity index (χ4n) is 5.24. The Morgan fingerprint density at radius 1 is 0.919 bits per heavy atom. The minimum atomic E-state index is -0.431. The molecule has 0 aliphatic carbocycles. The molecule has 1 aromatic carbocycles. The second-order valence-corrected chi connectivity index (χ2v) is 13.1. The van der Waals surface area contributed by atoms with Gasteiger partial charge in [-0.15, -0.1) is 0 Å². The zero-order valence-electron chi connectivity index (χ0n) is 24.0. The van der Waals surface area contributed by atoms with Gasteiger partial charge in [0.15, 0.2) is 0 Å². The van der Waals surface area contributed by atoms with Crippen LogP contribution in [-0.2, 0) is 14.0 Å². The molecular weight excluding hydrogens is 467 g/mol. The van der Waals surface area contributed by atoms with Crippen LogP contribution in [0.1, 0.15) is 74.1 Å². The highest BCUT2D eigenvalue weighted by Crippen LogP contribution is 2.36. The van der Waals surface area contributed by atoms with Crippen molar-refractivity contribution in [2.75, 3.05) is 39.3 Å². The summed E-state index contributed by atoms with van der Waals surface area (Å²) in [5.41, 5.74) is -0.0750. The maximum absolute atomic E-state index is 12.3. The van der Waals surface area contributed by atoms with E-state index in [0.29, 0.717) is 11.8 Å². The first-order valence-corrected chi connectivity index (χ1v) is 14.1. The van der Waals surface area contributed by atoms with Crippen LogP contribution in [0.4, 0.5) is 4.79 Å². The van der Waals surface area contributed by atoms with Crippen LogP contribution >= 0.6 is 0 Å². The van der Waals surface area contributed by atoms with Crippen molar-refractivity contribution in [3.63, 3.8) is 0 Å². The summed E-state index contributed by atoms with van der Waals surface area (Å²) < 4.78 is 24.0. The Morgan fingerprint density at radius 2 is 1.46 bits per heavy atom. The molecule has 0 atom stereocenters. The second-order valence-electron chi connectivity index (χ2n) is 13.1. The molecule has 1 aromatic rings. The van der Waals surface area contributed by atoms with E-state index in [4.69, 9.17) is 18.8 Å². The van der Waals surface area contributed by atoms with E-state index < -0.39 is 5.60 Å². The number of carbonyl (C=O) groups is 1. The van der Waals surface area contributed by atoms with Crippen LogP contribution in [0.5, 0.6) is 5.75 Å². The highest BCUT2D eigenvalue weighted by Gasteiger charge is 2.51. The molecule has 37 heavy (non-hydrogen) atoms. The van der Waals surface area contributed by atoms with Gasteiger partial charge >= 0.3 is 13.2 Å². The Morgan fingerprint density at radius 3 is 2.00 bits per heavy atom. The normalized spacial score (nSPS) is 23.3. The molecule has 8 heteroatoms. The van der Waals surface area contributed by atoms with Crippen LogP contribution in [0.15, 0.2) is 24.3 Å². The van der Waals surface area contributed by atoms with Gasteiger partial charge in [-0.3, -0.25) is 0 Å². The third kappa shape index (κ3) is 7.42. The molecular formula is C29H47BN2O5. The van der Waals surface area contributed by atoms with Crippen molar-refractivity contribution >= 4 is 18.7 Å². The monoisotopic (exact) mass is 514 g/mol. The molecule has 3 heterocycles. The molecule has 3 aliphatic rings. The van der Waals surface area contributed by atoms with Crippen LogP contribution in [0.25, 0.3) is 0 Å². The van der Waals surface area contributed by atoms with Crippen LogP contribution < -0.4 is 10.2 Å². The molecule has 3 aliphatic heterocycles. The van der Waals surface area contributed by atoms with Crippen molar-refractivity contribution < 1.29 is 23.6 Å². The van der Waals surface area contributed by atoms with Gasteiger partial charge in [0.2, 0.25) is 0 Å². The number of carbonyl (C=O) groups excluding carboxylic acids is 1. The average Bonchev–Trinajstić information content (AvgIpc) is 3.05. The van der Waals surface area contributed by atoms with E-state index in [1.165, 1.54) is 12.8 Å². The van der Waals surface area contributed by atoms with Crippen LogP contribution in [-0.4, -0.2) is 79.1 Å². The molecule has 7 nitrogen and oxygen atoms in total. The molecule has 0 spiro atoms. The Hall–Kier alpha value is -1.77. The van der Waals surface area contributed by atoms with Gasteiger partial charge in [-0.1, -0.05) is 12.1 Å². The van der Waals surface area contributed by atoms with Gasteiger partial charge in [0.05, 0.1) is 17.8 Å². The second kappa shape index (κ2) is 11.2. The first-order valence-electron chi connectivity index (χ1n) is 14.1. The lowest BCUT2D eigenvalue weighted by Crippen LogP contribution is -2.45. The highest BCUT2D eigenvalue weighted by molar-refractivity contribution is 6.62. The van der Waals surface area contributed by atoms with E-state index >= 15 is 0 Å². The summed E-state index contributed by atoms with van der Waals surface area (Å²) in [6, 6.07) is 8.15. The van der Waals surface area contributed by atoms with Crippen LogP contribution in [0, 0.1) is 11.8 Å². The van der Waals surface area contributed by atoms with Crippen molar-refractivity contribution in [1.29, 1.82) is 0 Å². The molecule has 0 bridgehead atoms. The molecule has 0 radical (unpaired) electrons. The number of nitrogens with zero attached hydrogens (tertiary/aromatic N) is 2. The summed E-state index contributed by atoms with van der Waals surface area (Å²) in [6.07, 6.45) is 4.29. The summed E-state index contributed by atoms with van der Waals surface area (Å²) in [6.45, 7) is 19.8. The van der Waals surface area contributed by atoms with Crippen molar-refractivity contribution in [3.05, 3.63) is 24.3 Å². The van der Waals surface area contributed by atoms with Gasteiger partial charge in [0.25, 0.3) is 0 Å². The molecule has 1 amide bonds. The number of piperidine rings is 2. The average molecular weight is 515 g/mol. The van der Waals surface area contributed by atoms with Crippen molar-refractivity contribution in [1.82, 2.24) is 9.80 Å². The van der Waals surface area contributed by atoms with Gasteiger partial charge < -0.3 is 28.6 Å². The fraction of sp³-hybridized carbons (Fsp3) is 0.759. The summed E-state index contributed by atoms with van der Waals surface area (Å²) in [7, 11) is -0.340. The summed E-state index contributed by atoms with van der Waals surface area (Å²) >= 11 is 0. The number of amides is 1. The van der Waals surface area contributed by atoms with Gasteiger partial charge in [0.1, 0.15) is 11.4 Å². The van der Waals surface area contributed by atoms with Crippen molar-refractivity contribution in [3.8, 4) is 5.75 Å². The predicted octanol–water partition coefficient (Wildman–Crippen LogP) is 4.72. The summed E-state index contributed by atoms with van der Waals surface area (Å²) in [5, 5.41) is 0.